The van der Waals surface area contributed by atoms with Crippen LogP contribution in [0.1, 0.15) is 17.3 Å². The molecule has 1 aromatic carbocycles. The molecule has 16 heavy (non-hydrogen) atoms. The van der Waals surface area contributed by atoms with Gasteiger partial charge in [-0.1, -0.05) is 18.2 Å². The lowest BCUT2D eigenvalue weighted by Gasteiger charge is -2.25. The number of fused-ring (bicyclic) bond motifs is 1. The number of nitrogens with zero attached hydrogens (tertiary/aromatic N) is 3. The Morgan fingerprint density at radius 1 is 1.38 bits per heavy atom. The summed E-state index contributed by atoms with van der Waals surface area (Å²) in [5.74, 6) is 1.48. The van der Waals surface area contributed by atoms with Crippen LogP contribution in [0.4, 0.5) is 5.69 Å². The maximum absolute atomic E-state index is 4.19. The van der Waals surface area contributed by atoms with Crippen molar-refractivity contribution in [3.8, 4) is 0 Å². The molecule has 0 aliphatic carbocycles. The molecule has 4 nitrogen and oxygen atoms in total. The Labute approximate surface area is 94.3 Å². The van der Waals surface area contributed by atoms with Gasteiger partial charge >= 0.3 is 0 Å². The smallest absolute Gasteiger partial charge is 0.137 e. The minimum absolute atomic E-state index is 0.419. The molecule has 1 aromatic heterocycles. The molecule has 0 bridgehead atoms. The Balaban J connectivity index is 1.91. The third-order valence-corrected chi connectivity index (χ3v) is 3.13. The first-order valence-electron chi connectivity index (χ1n) is 5.50. The molecular weight excluding hydrogens is 200 g/mol. The molecule has 1 atom stereocenters. The summed E-state index contributed by atoms with van der Waals surface area (Å²) in [6.45, 7) is 0.934. The van der Waals surface area contributed by atoms with E-state index in [1.54, 1.807) is 6.33 Å². The zero-order chi connectivity index (χ0) is 11.0. The third kappa shape index (κ3) is 1.46. The molecule has 3 rings (SSSR count). The maximum Gasteiger partial charge on any atom is 0.137 e. The molecule has 1 aliphatic heterocycles. The number of anilines is 1. The van der Waals surface area contributed by atoms with Gasteiger partial charge in [-0.25, -0.2) is 0 Å². The quantitative estimate of drug-likeness (QED) is 0.783. The van der Waals surface area contributed by atoms with Crippen molar-refractivity contribution < 1.29 is 0 Å². The minimum Gasteiger partial charge on any atom is -0.384 e. The first-order valence-corrected chi connectivity index (χ1v) is 5.50. The van der Waals surface area contributed by atoms with Gasteiger partial charge in [0.25, 0.3) is 0 Å². The fourth-order valence-electron chi connectivity index (χ4n) is 2.29. The molecule has 4 heteroatoms. The van der Waals surface area contributed by atoms with Crippen LogP contribution in [0.25, 0.3) is 0 Å². The van der Waals surface area contributed by atoms with Gasteiger partial charge in [0.2, 0.25) is 0 Å². The molecular formula is C12H14N4. The van der Waals surface area contributed by atoms with Gasteiger partial charge in [0.05, 0.1) is 0 Å². The molecule has 1 N–H and O–H groups in total. The zero-order valence-electron chi connectivity index (χ0n) is 9.22. The normalized spacial score (nSPS) is 18.9. The van der Waals surface area contributed by atoms with E-state index in [4.69, 9.17) is 0 Å². The summed E-state index contributed by atoms with van der Waals surface area (Å²) >= 11 is 0. The molecule has 82 valence electrons. The molecule has 2 aromatic rings. The largest absolute Gasteiger partial charge is 0.384 e. The molecule has 2 heterocycles. The van der Waals surface area contributed by atoms with Crippen LogP contribution in [0.5, 0.6) is 0 Å². The van der Waals surface area contributed by atoms with Crippen molar-refractivity contribution in [2.24, 2.45) is 7.05 Å². The lowest BCUT2D eigenvalue weighted by atomic mass is 9.93. The van der Waals surface area contributed by atoms with Crippen LogP contribution < -0.4 is 5.32 Å². The van der Waals surface area contributed by atoms with Gasteiger partial charge in [-0.05, 0) is 18.1 Å². The van der Waals surface area contributed by atoms with Crippen molar-refractivity contribution in [1.29, 1.82) is 0 Å². The van der Waals surface area contributed by atoms with Crippen LogP contribution in [0.15, 0.2) is 30.6 Å². The highest BCUT2D eigenvalue weighted by Crippen LogP contribution is 2.28. The van der Waals surface area contributed by atoms with Crippen molar-refractivity contribution in [2.45, 2.75) is 12.3 Å². The zero-order valence-corrected chi connectivity index (χ0v) is 9.22. The standard InChI is InChI=1S/C12H14N4/c1-16-8-14-15-12(16)10-6-9-4-2-3-5-11(9)13-7-10/h2-5,8,10,13H,6-7H2,1H3. The van der Waals surface area contributed by atoms with E-state index in [1.165, 1.54) is 11.3 Å². The molecule has 1 aliphatic rings. The molecule has 1 unspecified atom stereocenters. The van der Waals surface area contributed by atoms with Crippen LogP contribution in [-0.4, -0.2) is 21.3 Å². The Morgan fingerprint density at radius 2 is 2.25 bits per heavy atom. The van der Waals surface area contributed by atoms with E-state index < -0.39 is 0 Å². The molecule has 0 fully saturated rings. The Morgan fingerprint density at radius 3 is 3.06 bits per heavy atom. The summed E-state index contributed by atoms with van der Waals surface area (Å²) in [6.07, 6.45) is 2.80. The van der Waals surface area contributed by atoms with Crippen LogP contribution >= 0.6 is 0 Å². The number of rotatable bonds is 1. The van der Waals surface area contributed by atoms with E-state index in [0.29, 0.717) is 5.92 Å². The monoisotopic (exact) mass is 214 g/mol. The van der Waals surface area contributed by atoms with Gasteiger partial charge in [-0.2, -0.15) is 0 Å². The maximum atomic E-state index is 4.19. The number of para-hydroxylation sites is 1. The summed E-state index contributed by atoms with van der Waals surface area (Å²) in [7, 11) is 2.00. The van der Waals surface area contributed by atoms with E-state index in [9.17, 15) is 0 Å². The van der Waals surface area contributed by atoms with Crippen LogP contribution in [0.3, 0.4) is 0 Å². The molecule has 0 saturated heterocycles. The highest BCUT2D eigenvalue weighted by molar-refractivity contribution is 5.53. The molecule has 0 amide bonds. The van der Waals surface area contributed by atoms with Gasteiger partial charge in [-0.15, -0.1) is 10.2 Å². The summed E-state index contributed by atoms with van der Waals surface area (Å²) < 4.78 is 2.00. The molecule has 0 saturated carbocycles. The van der Waals surface area contributed by atoms with Gasteiger partial charge in [0, 0.05) is 25.2 Å². The average Bonchev–Trinajstić information content (AvgIpc) is 2.75. The first-order chi connectivity index (χ1) is 7.84. The number of hydrogen-bond donors (Lipinski definition) is 1. The van der Waals surface area contributed by atoms with E-state index in [0.717, 1.165) is 18.8 Å². The Kier molecular flexibility index (Phi) is 2.13. The van der Waals surface area contributed by atoms with Crippen molar-refractivity contribution in [2.75, 3.05) is 11.9 Å². The average molecular weight is 214 g/mol. The fraction of sp³-hybridized carbons (Fsp3) is 0.333. The second-order valence-corrected chi connectivity index (χ2v) is 4.24. The lowest BCUT2D eigenvalue weighted by Crippen LogP contribution is -2.23. The highest BCUT2D eigenvalue weighted by atomic mass is 15.3. The Bertz CT molecular complexity index is 503. The third-order valence-electron chi connectivity index (χ3n) is 3.13. The second kappa shape index (κ2) is 3.63. The predicted octanol–water partition coefficient (Wildman–Crippen LogP) is 1.57. The topological polar surface area (TPSA) is 42.7 Å². The number of aromatic nitrogens is 3. The van der Waals surface area contributed by atoms with Gasteiger partial charge in [0.15, 0.2) is 0 Å². The van der Waals surface area contributed by atoms with Crippen molar-refractivity contribution in [1.82, 2.24) is 14.8 Å². The number of aryl methyl sites for hydroxylation is 1. The molecule has 0 spiro atoms. The van der Waals surface area contributed by atoms with Crippen LogP contribution in [-0.2, 0) is 13.5 Å². The summed E-state index contributed by atoms with van der Waals surface area (Å²) in [5.41, 5.74) is 2.61. The van der Waals surface area contributed by atoms with Gasteiger partial charge in [0.1, 0.15) is 12.2 Å². The van der Waals surface area contributed by atoms with Crippen LogP contribution in [0, 0.1) is 0 Å². The van der Waals surface area contributed by atoms with E-state index in [-0.39, 0.29) is 0 Å². The van der Waals surface area contributed by atoms with E-state index >= 15 is 0 Å². The van der Waals surface area contributed by atoms with E-state index in [1.807, 2.05) is 11.6 Å². The van der Waals surface area contributed by atoms with Crippen LogP contribution in [0.2, 0.25) is 0 Å². The summed E-state index contributed by atoms with van der Waals surface area (Å²) in [6, 6.07) is 8.45. The summed E-state index contributed by atoms with van der Waals surface area (Å²) in [5, 5.41) is 11.6. The van der Waals surface area contributed by atoms with Crippen molar-refractivity contribution in [3.63, 3.8) is 0 Å². The van der Waals surface area contributed by atoms with E-state index in [2.05, 4.69) is 39.8 Å². The van der Waals surface area contributed by atoms with Crippen molar-refractivity contribution >= 4 is 5.69 Å². The first kappa shape index (κ1) is 9.39. The predicted molar refractivity (Wildman–Crippen MR) is 62.4 cm³/mol. The fourth-order valence-corrected chi connectivity index (χ4v) is 2.29. The SMILES string of the molecule is Cn1cnnc1C1CNc2ccccc2C1. The number of benzene rings is 1. The van der Waals surface area contributed by atoms with Crippen molar-refractivity contribution in [3.05, 3.63) is 42.0 Å². The van der Waals surface area contributed by atoms with Gasteiger partial charge in [-0.3, -0.25) is 0 Å². The van der Waals surface area contributed by atoms with Gasteiger partial charge < -0.3 is 9.88 Å². The summed E-state index contributed by atoms with van der Waals surface area (Å²) in [4.78, 5) is 0. The highest BCUT2D eigenvalue weighted by Gasteiger charge is 2.22. The lowest BCUT2D eigenvalue weighted by molar-refractivity contribution is 0.616. The number of hydrogen-bond acceptors (Lipinski definition) is 3. The second-order valence-electron chi connectivity index (χ2n) is 4.24. The number of nitrogens with one attached hydrogen (secondary N) is 1. The molecule has 0 radical (unpaired) electrons. The minimum atomic E-state index is 0.419. The Hall–Kier alpha value is -1.84.